The Morgan fingerprint density at radius 1 is 1.05 bits per heavy atom. The molecule has 1 saturated heterocycles. The number of azide groups is 1. The van der Waals surface area contributed by atoms with E-state index >= 15 is 4.79 Å². The lowest BCUT2D eigenvalue weighted by atomic mass is 9.44. The number of carbonyl (C=O) groups excluding carboxylic acids is 6. The minimum atomic E-state index is -2.47. The number of hydrogen-bond acceptors (Lipinski definition) is 15. The number of Topliss-reactive ketones (excluding diaryl/α,β-unsaturated/α-hetero) is 1. The Morgan fingerprint density at radius 3 is 2.33 bits per heavy atom. The number of aliphatic hydroxyl groups is 3. The van der Waals surface area contributed by atoms with Crippen LogP contribution in [0.3, 0.4) is 0 Å². The van der Waals surface area contributed by atoms with E-state index in [2.05, 4.69) is 15.3 Å². The van der Waals surface area contributed by atoms with Crippen molar-refractivity contribution in [1.29, 1.82) is 0 Å². The molecule has 18 heteroatoms. The standard InChI is InChI=1S/C46H54N4O14/c1-9-23(3)40(56)48-34(26-15-12-11-13-16-26)35(54)42(58)61-29-21-46(59)39(63-41(57)27-17-14-18-28(19-27)49-50-47)37-44(8,30(52)20-31-45(37,22-60-31)64-25(5)51)38(55)36(62-32(53)10-2)33(24(29)4)43(46,6)7/h9,11-19,29-31,34-37,39,52,54,59H,10,20-22H2,1-8H3,(H,48,56)/t29-,30-,31+,34-,35+,36+,37?,39-,44+,45-,46+/m0/s1. The summed E-state index contributed by atoms with van der Waals surface area (Å²) in [5.41, 5.74) is 1.60. The third-order valence-electron chi connectivity index (χ3n) is 13.7. The van der Waals surface area contributed by atoms with Crippen molar-refractivity contribution in [2.75, 3.05) is 6.61 Å². The molecule has 1 heterocycles. The van der Waals surface area contributed by atoms with E-state index in [4.69, 9.17) is 29.2 Å². The third kappa shape index (κ3) is 7.98. The average molecular weight is 887 g/mol. The van der Waals surface area contributed by atoms with E-state index in [1.807, 2.05) is 0 Å². The van der Waals surface area contributed by atoms with E-state index in [-0.39, 0.29) is 41.8 Å². The first-order valence-corrected chi connectivity index (χ1v) is 21.0. The van der Waals surface area contributed by atoms with Crippen molar-refractivity contribution in [3.05, 3.63) is 99.0 Å². The Hall–Kier alpha value is -5.91. The molecule has 0 spiro atoms. The first-order chi connectivity index (χ1) is 30.1. The molecular weight excluding hydrogens is 833 g/mol. The molecule has 11 atom stereocenters. The van der Waals surface area contributed by atoms with Crippen LogP contribution >= 0.6 is 0 Å². The number of amides is 1. The summed E-state index contributed by atoms with van der Waals surface area (Å²) in [6, 6.07) is 12.3. The van der Waals surface area contributed by atoms with Gasteiger partial charge in [0, 0.05) is 47.8 Å². The second kappa shape index (κ2) is 17.9. The molecule has 3 fully saturated rings. The van der Waals surface area contributed by atoms with Gasteiger partial charge in [0.1, 0.15) is 23.9 Å². The van der Waals surface area contributed by atoms with E-state index in [0.717, 1.165) is 6.92 Å². The molecule has 342 valence electrons. The van der Waals surface area contributed by atoms with Gasteiger partial charge in [-0.05, 0) is 62.1 Å². The fraction of sp³-hybridized carbons (Fsp3) is 0.522. The van der Waals surface area contributed by atoms with E-state index < -0.39 is 113 Å². The number of rotatable bonds is 12. The van der Waals surface area contributed by atoms with E-state index in [0.29, 0.717) is 11.1 Å². The summed E-state index contributed by atoms with van der Waals surface area (Å²) in [5, 5.41) is 43.9. The number of fused-ring (bicyclic) bond motifs is 5. The van der Waals surface area contributed by atoms with Crippen LogP contribution in [-0.4, -0.2) is 105 Å². The predicted molar refractivity (Wildman–Crippen MR) is 225 cm³/mol. The van der Waals surface area contributed by atoms with Gasteiger partial charge in [0.05, 0.1) is 35.6 Å². The van der Waals surface area contributed by atoms with E-state index in [1.165, 1.54) is 58.9 Å². The van der Waals surface area contributed by atoms with Crippen molar-refractivity contribution in [1.82, 2.24) is 5.32 Å². The molecule has 2 bridgehead atoms. The lowest BCUT2D eigenvalue weighted by molar-refractivity contribution is -0.346. The first kappa shape index (κ1) is 47.6. The number of esters is 4. The Kier molecular flexibility index (Phi) is 13.3. The van der Waals surface area contributed by atoms with Crippen molar-refractivity contribution in [2.24, 2.45) is 21.9 Å². The topological polar surface area (TPSA) is 270 Å². The van der Waals surface area contributed by atoms with Gasteiger partial charge in [-0.1, -0.05) is 74.4 Å². The highest BCUT2D eigenvalue weighted by Crippen LogP contribution is 2.64. The summed E-state index contributed by atoms with van der Waals surface area (Å²) in [7, 11) is 0. The first-order valence-electron chi connectivity index (χ1n) is 21.0. The Bertz CT molecular complexity index is 2340. The summed E-state index contributed by atoms with van der Waals surface area (Å²) in [6.45, 7) is 11.4. The maximum Gasteiger partial charge on any atom is 0.338 e. The number of hydrogen-bond donors (Lipinski definition) is 4. The second-order valence-corrected chi connectivity index (χ2v) is 17.6. The zero-order valence-corrected chi connectivity index (χ0v) is 36.9. The number of nitrogens with one attached hydrogen (secondary N) is 1. The molecule has 1 unspecified atom stereocenters. The zero-order valence-electron chi connectivity index (χ0n) is 36.9. The monoisotopic (exact) mass is 886 g/mol. The molecule has 4 N–H and O–H groups in total. The van der Waals surface area contributed by atoms with Crippen molar-refractivity contribution in [2.45, 2.75) is 129 Å². The van der Waals surface area contributed by atoms with Crippen LogP contribution in [0.2, 0.25) is 0 Å². The van der Waals surface area contributed by atoms with Gasteiger partial charge in [0.25, 0.3) is 0 Å². The normalized spacial score (nSPS) is 31.4. The molecule has 2 saturated carbocycles. The fourth-order valence-corrected chi connectivity index (χ4v) is 9.98. The molecule has 6 rings (SSSR count). The minimum Gasteiger partial charge on any atom is -0.456 e. The number of benzene rings is 2. The second-order valence-electron chi connectivity index (χ2n) is 17.6. The molecular formula is C46H54N4O14. The van der Waals surface area contributed by atoms with Gasteiger partial charge in [-0.15, -0.1) is 0 Å². The van der Waals surface area contributed by atoms with Gasteiger partial charge >= 0.3 is 23.9 Å². The highest BCUT2D eigenvalue weighted by molar-refractivity contribution is 5.96. The van der Waals surface area contributed by atoms with Crippen LogP contribution in [0, 0.1) is 16.7 Å². The number of ether oxygens (including phenoxy) is 5. The van der Waals surface area contributed by atoms with Crippen LogP contribution in [-0.2, 0) is 47.7 Å². The maximum absolute atomic E-state index is 15.6. The number of ketones is 1. The summed E-state index contributed by atoms with van der Waals surface area (Å²) < 4.78 is 30.4. The predicted octanol–water partition coefficient (Wildman–Crippen LogP) is 4.72. The van der Waals surface area contributed by atoms with Crippen molar-refractivity contribution in [3.63, 3.8) is 0 Å². The van der Waals surface area contributed by atoms with Gasteiger partial charge in [-0.3, -0.25) is 19.2 Å². The average Bonchev–Trinajstić information content (AvgIpc) is 3.26. The highest BCUT2D eigenvalue weighted by Gasteiger charge is 2.78. The van der Waals surface area contributed by atoms with Crippen LogP contribution < -0.4 is 5.32 Å². The molecule has 4 aliphatic rings. The number of nitrogens with zero attached hydrogens (tertiary/aromatic N) is 3. The molecule has 0 radical (unpaired) electrons. The molecule has 1 aliphatic heterocycles. The third-order valence-corrected chi connectivity index (χ3v) is 13.7. The Morgan fingerprint density at radius 2 is 1.73 bits per heavy atom. The van der Waals surface area contributed by atoms with E-state index in [9.17, 15) is 39.3 Å². The van der Waals surface area contributed by atoms with Crippen LogP contribution in [0.15, 0.2) is 82.5 Å². The molecule has 3 aliphatic carbocycles. The fourth-order valence-electron chi connectivity index (χ4n) is 9.98. The summed E-state index contributed by atoms with van der Waals surface area (Å²) in [5.74, 6) is -7.10. The zero-order chi connectivity index (χ0) is 47.1. The highest BCUT2D eigenvalue weighted by atomic mass is 16.6. The van der Waals surface area contributed by atoms with Crippen LogP contribution in [0.25, 0.3) is 10.4 Å². The van der Waals surface area contributed by atoms with Crippen LogP contribution in [0.4, 0.5) is 5.69 Å². The lowest BCUT2D eigenvalue weighted by Gasteiger charge is -2.67. The Balaban J connectivity index is 1.58. The smallest absolute Gasteiger partial charge is 0.338 e. The molecule has 0 aromatic heterocycles. The van der Waals surface area contributed by atoms with Crippen molar-refractivity contribution in [3.8, 4) is 0 Å². The quantitative estimate of drug-likeness (QED) is 0.0427. The Labute approximate surface area is 369 Å². The van der Waals surface area contributed by atoms with Gasteiger partial charge < -0.3 is 44.3 Å². The van der Waals surface area contributed by atoms with Gasteiger partial charge in [-0.25, -0.2) is 9.59 Å². The summed E-state index contributed by atoms with van der Waals surface area (Å²) >= 11 is 0. The van der Waals surface area contributed by atoms with Gasteiger partial charge in [0.2, 0.25) is 5.91 Å². The van der Waals surface area contributed by atoms with Crippen LogP contribution in [0.5, 0.6) is 0 Å². The largest absolute Gasteiger partial charge is 0.456 e. The lowest BCUT2D eigenvalue weighted by Crippen LogP contribution is -2.82. The van der Waals surface area contributed by atoms with Gasteiger partial charge in [-0.2, -0.15) is 0 Å². The molecule has 64 heavy (non-hydrogen) atoms. The molecule has 18 nitrogen and oxygen atoms in total. The molecule has 2 aromatic rings. The summed E-state index contributed by atoms with van der Waals surface area (Å²) in [4.78, 5) is 86.7. The van der Waals surface area contributed by atoms with Crippen molar-refractivity contribution < 1.29 is 67.8 Å². The maximum atomic E-state index is 15.6. The SMILES string of the molecule is CC=C(C)C(=O)N[C@@H](c1ccccc1)[C@@H](O)C(=O)O[C@H]1C[C@@]2(O)[C@@H](OC(=O)c3cccc(N=[N+]=[N-])c3)C3[C@](C)(C(=O)[C@H](OC(=O)CC)C(=C1C)C2(C)C)[C@@H](O)C[C@H]1OC[C@@]31OC(C)=O. The molecule has 2 aromatic carbocycles. The number of carbonyl (C=O) groups is 6. The summed E-state index contributed by atoms with van der Waals surface area (Å²) in [6.07, 6.45) is -9.56. The van der Waals surface area contributed by atoms with Crippen molar-refractivity contribution >= 4 is 41.3 Å². The van der Waals surface area contributed by atoms with E-state index in [1.54, 1.807) is 50.3 Å². The molecule has 1 amide bonds. The van der Waals surface area contributed by atoms with Crippen LogP contribution in [0.1, 0.15) is 96.6 Å². The number of aliphatic hydroxyl groups excluding tert-OH is 2. The minimum absolute atomic E-state index is 0.0382. The van der Waals surface area contributed by atoms with Gasteiger partial charge in [0.15, 0.2) is 23.6 Å². The number of allylic oxidation sites excluding steroid dienone is 1.